The minimum atomic E-state index is 0.103. The topological polar surface area (TPSA) is 57.3 Å². The monoisotopic (exact) mass is 308 g/mol. The number of thiazole rings is 1. The molecule has 0 bridgehead atoms. The van der Waals surface area contributed by atoms with Gasteiger partial charge in [0.15, 0.2) is 5.13 Å². The van der Waals surface area contributed by atoms with Gasteiger partial charge >= 0.3 is 0 Å². The van der Waals surface area contributed by atoms with E-state index in [4.69, 9.17) is 4.98 Å². The fraction of sp³-hybridized carbons (Fsp3) is 0.733. The molecule has 116 valence electrons. The van der Waals surface area contributed by atoms with Gasteiger partial charge in [0.2, 0.25) is 5.91 Å². The molecule has 1 amide bonds. The van der Waals surface area contributed by atoms with Crippen LogP contribution in [0.1, 0.15) is 43.3 Å². The minimum Gasteiger partial charge on any atom is -0.354 e. The highest BCUT2D eigenvalue weighted by Crippen LogP contribution is 2.44. The SMILES string of the molecule is CNC1CC(C)(C)Cc2nc(N3CCCNC(=O)C3)sc21. The molecule has 3 rings (SSSR count). The van der Waals surface area contributed by atoms with Gasteiger partial charge in [0.1, 0.15) is 0 Å². The zero-order valence-corrected chi connectivity index (χ0v) is 13.8. The third-order valence-corrected chi connectivity index (χ3v) is 5.59. The molecule has 6 heteroatoms. The Hall–Kier alpha value is -1.14. The van der Waals surface area contributed by atoms with Gasteiger partial charge in [0, 0.05) is 24.0 Å². The van der Waals surface area contributed by atoms with E-state index >= 15 is 0 Å². The first-order valence-corrected chi connectivity index (χ1v) is 8.49. The molecule has 1 aliphatic carbocycles. The normalized spacial score (nSPS) is 25.2. The van der Waals surface area contributed by atoms with Crippen molar-refractivity contribution < 1.29 is 4.79 Å². The van der Waals surface area contributed by atoms with Gasteiger partial charge in [-0.25, -0.2) is 4.98 Å². The van der Waals surface area contributed by atoms with Gasteiger partial charge in [-0.2, -0.15) is 0 Å². The number of carbonyl (C=O) groups excluding carboxylic acids is 1. The summed E-state index contributed by atoms with van der Waals surface area (Å²) in [5.41, 5.74) is 1.50. The van der Waals surface area contributed by atoms with Gasteiger partial charge in [-0.1, -0.05) is 25.2 Å². The molecule has 2 N–H and O–H groups in total. The minimum absolute atomic E-state index is 0.103. The number of anilines is 1. The van der Waals surface area contributed by atoms with Crippen LogP contribution in [0, 0.1) is 5.41 Å². The lowest BCUT2D eigenvalue weighted by Gasteiger charge is -2.34. The highest BCUT2D eigenvalue weighted by molar-refractivity contribution is 7.15. The fourth-order valence-electron chi connectivity index (χ4n) is 3.26. The van der Waals surface area contributed by atoms with Crippen LogP contribution in [0.4, 0.5) is 5.13 Å². The molecule has 0 radical (unpaired) electrons. The Labute approximate surface area is 130 Å². The van der Waals surface area contributed by atoms with Gasteiger partial charge in [-0.3, -0.25) is 4.79 Å². The average Bonchev–Trinajstić information content (AvgIpc) is 2.71. The van der Waals surface area contributed by atoms with E-state index in [1.54, 1.807) is 11.3 Å². The van der Waals surface area contributed by atoms with Crippen molar-refractivity contribution in [2.24, 2.45) is 5.41 Å². The predicted octanol–water partition coefficient (Wildman–Crippen LogP) is 1.70. The summed E-state index contributed by atoms with van der Waals surface area (Å²) in [6, 6.07) is 0.385. The number of aromatic nitrogens is 1. The zero-order chi connectivity index (χ0) is 15.0. The standard InChI is InChI=1S/C15H24N4OS/c1-15(2)7-10(16-3)13-11(8-15)18-14(21-13)19-6-4-5-17-12(20)9-19/h10,16H,4-9H2,1-3H3,(H,17,20). The zero-order valence-electron chi connectivity index (χ0n) is 13.0. The molecule has 2 heterocycles. The summed E-state index contributed by atoms with van der Waals surface area (Å²) >= 11 is 1.76. The van der Waals surface area contributed by atoms with Gasteiger partial charge in [-0.05, 0) is 31.7 Å². The number of hydrogen-bond donors (Lipinski definition) is 2. The molecule has 1 aromatic heterocycles. The Morgan fingerprint density at radius 3 is 3.05 bits per heavy atom. The summed E-state index contributed by atoms with van der Waals surface area (Å²) in [6.45, 7) is 6.71. The summed E-state index contributed by atoms with van der Waals surface area (Å²) in [6.07, 6.45) is 3.15. The van der Waals surface area contributed by atoms with Crippen LogP contribution in [0.15, 0.2) is 0 Å². The second-order valence-electron chi connectivity index (χ2n) is 6.82. The first-order valence-electron chi connectivity index (χ1n) is 7.67. The summed E-state index contributed by atoms with van der Waals surface area (Å²) in [7, 11) is 2.02. The van der Waals surface area contributed by atoms with Crippen molar-refractivity contribution in [3.8, 4) is 0 Å². The Morgan fingerprint density at radius 1 is 1.48 bits per heavy atom. The molecule has 2 aliphatic rings. The molecule has 0 aromatic carbocycles. The quantitative estimate of drug-likeness (QED) is 0.873. The Balaban J connectivity index is 1.89. The number of hydrogen-bond acceptors (Lipinski definition) is 5. The van der Waals surface area contributed by atoms with E-state index in [1.807, 2.05) is 7.05 Å². The molecule has 1 saturated heterocycles. The second kappa shape index (κ2) is 5.57. The molecule has 1 aromatic rings. The summed E-state index contributed by atoms with van der Waals surface area (Å²) in [5.74, 6) is 0.103. The lowest BCUT2D eigenvalue weighted by molar-refractivity contribution is -0.119. The molecule has 1 aliphatic heterocycles. The number of amides is 1. The van der Waals surface area contributed by atoms with E-state index in [9.17, 15) is 4.79 Å². The maximum Gasteiger partial charge on any atom is 0.239 e. The van der Waals surface area contributed by atoms with Crippen molar-refractivity contribution in [2.75, 3.05) is 31.6 Å². The van der Waals surface area contributed by atoms with Crippen LogP contribution < -0.4 is 15.5 Å². The Kier molecular flexibility index (Phi) is 3.92. The molecule has 1 unspecified atom stereocenters. The van der Waals surface area contributed by atoms with Crippen LogP contribution in [-0.2, 0) is 11.2 Å². The average molecular weight is 308 g/mol. The largest absolute Gasteiger partial charge is 0.354 e. The van der Waals surface area contributed by atoms with Crippen molar-refractivity contribution in [3.05, 3.63) is 10.6 Å². The van der Waals surface area contributed by atoms with Crippen molar-refractivity contribution in [3.63, 3.8) is 0 Å². The van der Waals surface area contributed by atoms with E-state index in [0.717, 1.165) is 37.5 Å². The maximum absolute atomic E-state index is 11.7. The van der Waals surface area contributed by atoms with E-state index in [0.29, 0.717) is 12.6 Å². The highest BCUT2D eigenvalue weighted by atomic mass is 32.1. The van der Waals surface area contributed by atoms with Crippen molar-refractivity contribution >= 4 is 22.4 Å². The summed E-state index contributed by atoms with van der Waals surface area (Å²) < 4.78 is 0. The molecule has 0 saturated carbocycles. The number of carbonyl (C=O) groups is 1. The second-order valence-corrected chi connectivity index (χ2v) is 7.83. The van der Waals surface area contributed by atoms with Crippen LogP contribution in [0.25, 0.3) is 0 Å². The van der Waals surface area contributed by atoms with E-state index < -0.39 is 0 Å². The molecular formula is C15H24N4OS. The predicted molar refractivity (Wildman–Crippen MR) is 85.9 cm³/mol. The van der Waals surface area contributed by atoms with Crippen LogP contribution in [0.5, 0.6) is 0 Å². The van der Waals surface area contributed by atoms with Crippen LogP contribution in [0.2, 0.25) is 0 Å². The van der Waals surface area contributed by atoms with Crippen molar-refractivity contribution in [2.45, 2.75) is 39.2 Å². The van der Waals surface area contributed by atoms with Gasteiger partial charge in [0.05, 0.1) is 12.2 Å². The Bertz CT molecular complexity index is 540. The van der Waals surface area contributed by atoms with Crippen molar-refractivity contribution in [1.29, 1.82) is 0 Å². The highest BCUT2D eigenvalue weighted by Gasteiger charge is 2.35. The van der Waals surface area contributed by atoms with E-state index in [2.05, 4.69) is 29.4 Å². The first kappa shape index (κ1) is 14.8. The third-order valence-electron chi connectivity index (χ3n) is 4.32. The summed E-state index contributed by atoms with van der Waals surface area (Å²) in [5, 5.41) is 7.36. The van der Waals surface area contributed by atoms with Gasteiger partial charge < -0.3 is 15.5 Å². The number of nitrogens with zero attached hydrogens (tertiary/aromatic N) is 2. The van der Waals surface area contributed by atoms with E-state index in [-0.39, 0.29) is 11.3 Å². The third kappa shape index (κ3) is 3.06. The molecule has 1 fully saturated rings. The van der Waals surface area contributed by atoms with Crippen LogP contribution in [-0.4, -0.2) is 37.6 Å². The molecule has 5 nitrogen and oxygen atoms in total. The van der Waals surface area contributed by atoms with Crippen LogP contribution in [0.3, 0.4) is 0 Å². The number of rotatable bonds is 2. The van der Waals surface area contributed by atoms with Crippen LogP contribution >= 0.6 is 11.3 Å². The van der Waals surface area contributed by atoms with Crippen molar-refractivity contribution in [1.82, 2.24) is 15.6 Å². The lowest BCUT2D eigenvalue weighted by Crippen LogP contribution is -2.33. The first-order chi connectivity index (χ1) is 9.98. The molecule has 21 heavy (non-hydrogen) atoms. The number of nitrogens with one attached hydrogen (secondary N) is 2. The Morgan fingerprint density at radius 2 is 2.29 bits per heavy atom. The van der Waals surface area contributed by atoms with Gasteiger partial charge in [-0.15, -0.1) is 0 Å². The smallest absolute Gasteiger partial charge is 0.239 e. The van der Waals surface area contributed by atoms with E-state index in [1.165, 1.54) is 10.6 Å². The fourth-order valence-corrected chi connectivity index (χ4v) is 4.47. The lowest BCUT2D eigenvalue weighted by atomic mass is 9.76. The molecule has 1 atom stereocenters. The molecular weight excluding hydrogens is 284 g/mol. The molecule has 0 spiro atoms. The number of fused-ring (bicyclic) bond motifs is 1. The maximum atomic E-state index is 11.7. The summed E-state index contributed by atoms with van der Waals surface area (Å²) in [4.78, 5) is 20.1. The van der Waals surface area contributed by atoms with Gasteiger partial charge in [0.25, 0.3) is 0 Å².